The van der Waals surface area contributed by atoms with Crippen LogP contribution >= 0.6 is 0 Å². The van der Waals surface area contributed by atoms with Crippen molar-refractivity contribution < 1.29 is 12.8 Å². The Bertz CT molecular complexity index is 1120. The van der Waals surface area contributed by atoms with Crippen LogP contribution in [0, 0.1) is 0 Å². The molecule has 1 atom stereocenters. The normalized spacial score (nSPS) is 13.0. The molecular formula is C21H23NO4S. The molecule has 3 aromatic rings. The molecule has 0 bridgehead atoms. The third-order valence-corrected chi connectivity index (χ3v) is 5.84. The highest BCUT2D eigenvalue weighted by atomic mass is 32.2. The Morgan fingerprint density at radius 3 is 2.41 bits per heavy atom. The van der Waals surface area contributed by atoms with Crippen LogP contribution < -0.4 is 10.9 Å². The van der Waals surface area contributed by atoms with Gasteiger partial charge in [0.05, 0.1) is 4.90 Å². The molecule has 0 spiro atoms. The van der Waals surface area contributed by atoms with Crippen LogP contribution in [0.25, 0.3) is 11.0 Å². The van der Waals surface area contributed by atoms with E-state index in [9.17, 15) is 13.2 Å². The molecule has 6 heteroatoms. The molecule has 0 radical (unpaired) electrons. The average molecular weight is 385 g/mol. The third-order valence-electron chi connectivity index (χ3n) is 4.71. The van der Waals surface area contributed by atoms with Gasteiger partial charge in [-0.2, -0.15) is 0 Å². The predicted molar refractivity (Wildman–Crippen MR) is 107 cm³/mol. The van der Waals surface area contributed by atoms with E-state index < -0.39 is 9.84 Å². The van der Waals surface area contributed by atoms with Gasteiger partial charge < -0.3 is 9.73 Å². The highest BCUT2D eigenvalue weighted by Crippen LogP contribution is 2.21. The first-order valence-electron chi connectivity index (χ1n) is 8.87. The first-order chi connectivity index (χ1) is 12.8. The maximum absolute atomic E-state index is 11.9. The van der Waals surface area contributed by atoms with Crippen LogP contribution in [0.5, 0.6) is 0 Å². The number of sulfone groups is 1. The summed E-state index contributed by atoms with van der Waals surface area (Å²) in [5, 5.41) is 4.31. The Kier molecular flexibility index (Phi) is 5.48. The third kappa shape index (κ3) is 4.46. The molecule has 1 heterocycles. The largest absolute Gasteiger partial charge is 0.423 e. The molecule has 0 unspecified atom stereocenters. The fraction of sp³-hybridized carbons (Fsp3) is 0.286. The highest BCUT2D eigenvalue weighted by Gasteiger charge is 2.11. The van der Waals surface area contributed by atoms with Crippen LogP contribution in [0.2, 0.25) is 0 Å². The van der Waals surface area contributed by atoms with Crippen molar-refractivity contribution in [2.24, 2.45) is 0 Å². The topological polar surface area (TPSA) is 76.4 Å². The Morgan fingerprint density at radius 2 is 1.78 bits per heavy atom. The molecule has 5 nitrogen and oxygen atoms in total. The molecule has 0 aliphatic heterocycles. The summed E-state index contributed by atoms with van der Waals surface area (Å²) in [6.45, 7) is 4.56. The Morgan fingerprint density at radius 1 is 1.07 bits per heavy atom. The number of hydrogen-bond donors (Lipinski definition) is 1. The van der Waals surface area contributed by atoms with E-state index in [0.717, 1.165) is 28.5 Å². The van der Waals surface area contributed by atoms with Gasteiger partial charge in [-0.3, -0.25) is 0 Å². The number of aryl methyl sites for hydroxylation is 1. The van der Waals surface area contributed by atoms with E-state index in [4.69, 9.17) is 4.42 Å². The van der Waals surface area contributed by atoms with Gasteiger partial charge in [-0.05, 0) is 48.2 Å². The van der Waals surface area contributed by atoms with Gasteiger partial charge in [0.15, 0.2) is 9.84 Å². The van der Waals surface area contributed by atoms with E-state index in [-0.39, 0.29) is 11.7 Å². The molecule has 142 valence electrons. The number of fused-ring (bicyclic) bond motifs is 1. The first kappa shape index (κ1) is 19.3. The molecule has 0 aliphatic carbocycles. The Labute approximate surface area is 159 Å². The van der Waals surface area contributed by atoms with Crippen molar-refractivity contribution in [3.8, 4) is 0 Å². The van der Waals surface area contributed by atoms with Crippen LogP contribution in [0.4, 0.5) is 0 Å². The molecule has 0 saturated carbocycles. The molecule has 0 fully saturated rings. The van der Waals surface area contributed by atoms with Crippen molar-refractivity contribution in [1.82, 2.24) is 5.32 Å². The number of benzene rings is 2. The minimum atomic E-state index is -3.20. The summed E-state index contributed by atoms with van der Waals surface area (Å²) in [6.07, 6.45) is 2.07. The van der Waals surface area contributed by atoms with Crippen molar-refractivity contribution in [2.75, 3.05) is 6.26 Å². The van der Waals surface area contributed by atoms with E-state index in [2.05, 4.69) is 12.2 Å². The van der Waals surface area contributed by atoms with Gasteiger partial charge in [0.1, 0.15) is 5.58 Å². The van der Waals surface area contributed by atoms with Gasteiger partial charge in [-0.25, -0.2) is 13.2 Å². The maximum Gasteiger partial charge on any atom is 0.336 e. The quantitative estimate of drug-likeness (QED) is 0.656. The van der Waals surface area contributed by atoms with Crippen LogP contribution in [0.1, 0.15) is 36.6 Å². The van der Waals surface area contributed by atoms with E-state index in [0.29, 0.717) is 17.0 Å². The summed E-state index contributed by atoms with van der Waals surface area (Å²) in [5.41, 5.74) is 3.21. The SMILES string of the molecule is CCc1ccc2c(CN[C@H](C)c3ccc(S(C)(=O)=O)cc3)cc(=O)oc2c1. The van der Waals surface area contributed by atoms with Gasteiger partial charge in [0, 0.05) is 30.3 Å². The zero-order chi connectivity index (χ0) is 19.6. The Balaban J connectivity index is 1.81. The van der Waals surface area contributed by atoms with Crippen LogP contribution in [0.15, 0.2) is 62.6 Å². The summed E-state index contributed by atoms with van der Waals surface area (Å²) in [5.74, 6) is 0. The lowest BCUT2D eigenvalue weighted by Gasteiger charge is -2.15. The lowest BCUT2D eigenvalue weighted by atomic mass is 10.0. The summed E-state index contributed by atoms with van der Waals surface area (Å²) in [4.78, 5) is 12.2. The smallest absolute Gasteiger partial charge is 0.336 e. The van der Waals surface area contributed by atoms with E-state index in [1.807, 2.05) is 25.1 Å². The molecule has 2 aromatic carbocycles. The van der Waals surface area contributed by atoms with Crippen LogP contribution in [-0.2, 0) is 22.8 Å². The number of nitrogens with one attached hydrogen (secondary N) is 1. The minimum Gasteiger partial charge on any atom is -0.423 e. The average Bonchev–Trinajstić information content (AvgIpc) is 2.64. The lowest BCUT2D eigenvalue weighted by Crippen LogP contribution is -2.19. The summed E-state index contributed by atoms with van der Waals surface area (Å²) >= 11 is 0. The summed E-state index contributed by atoms with van der Waals surface area (Å²) < 4.78 is 28.5. The zero-order valence-corrected chi connectivity index (χ0v) is 16.5. The molecule has 0 aliphatic rings. The molecule has 0 amide bonds. The Hall–Kier alpha value is -2.44. The van der Waals surface area contributed by atoms with Crippen molar-refractivity contribution in [3.63, 3.8) is 0 Å². The fourth-order valence-corrected chi connectivity index (χ4v) is 3.66. The molecule has 1 N–H and O–H groups in total. The predicted octanol–water partition coefficient (Wildman–Crippen LogP) is 3.61. The van der Waals surface area contributed by atoms with Crippen LogP contribution in [0.3, 0.4) is 0 Å². The standard InChI is InChI=1S/C21H23NO4S/c1-4-15-5-10-19-17(12-21(23)26-20(19)11-15)13-22-14(2)16-6-8-18(9-7-16)27(3,24)25/h5-12,14,22H,4,13H2,1-3H3/t14-/m1/s1. The zero-order valence-electron chi connectivity index (χ0n) is 15.7. The lowest BCUT2D eigenvalue weighted by molar-refractivity contribution is 0.547. The van der Waals surface area contributed by atoms with E-state index in [1.54, 1.807) is 24.3 Å². The van der Waals surface area contributed by atoms with Gasteiger partial charge in [-0.1, -0.05) is 31.2 Å². The molecule has 27 heavy (non-hydrogen) atoms. The van der Waals surface area contributed by atoms with Gasteiger partial charge in [0.2, 0.25) is 0 Å². The molecule has 1 aromatic heterocycles. The fourth-order valence-electron chi connectivity index (χ4n) is 3.03. The van der Waals surface area contributed by atoms with Crippen molar-refractivity contribution in [1.29, 1.82) is 0 Å². The van der Waals surface area contributed by atoms with Crippen molar-refractivity contribution >= 4 is 20.8 Å². The van der Waals surface area contributed by atoms with Gasteiger partial charge in [0.25, 0.3) is 0 Å². The monoisotopic (exact) mass is 385 g/mol. The number of rotatable bonds is 6. The summed E-state index contributed by atoms with van der Waals surface area (Å²) in [7, 11) is -3.20. The van der Waals surface area contributed by atoms with Gasteiger partial charge in [-0.15, -0.1) is 0 Å². The first-order valence-corrected chi connectivity index (χ1v) is 10.8. The summed E-state index contributed by atoms with van der Waals surface area (Å²) in [6, 6.07) is 14.3. The molecular weight excluding hydrogens is 362 g/mol. The minimum absolute atomic E-state index is 0.00387. The molecule has 0 saturated heterocycles. The second kappa shape index (κ2) is 7.66. The van der Waals surface area contributed by atoms with Crippen LogP contribution in [-0.4, -0.2) is 14.7 Å². The van der Waals surface area contributed by atoms with Crippen molar-refractivity contribution in [3.05, 3.63) is 75.6 Å². The molecule has 3 rings (SSSR count). The van der Waals surface area contributed by atoms with E-state index in [1.165, 1.54) is 12.3 Å². The second-order valence-electron chi connectivity index (χ2n) is 6.72. The van der Waals surface area contributed by atoms with Crippen molar-refractivity contribution in [2.45, 2.75) is 37.8 Å². The number of hydrogen-bond acceptors (Lipinski definition) is 5. The second-order valence-corrected chi connectivity index (χ2v) is 8.73. The van der Waals surface area contributed by atoms with E-state index >= 15 is 0 Å². The maximum atomic E-state index is 11.9. The highest BCUT2D eigenvalue weighted by molar-refractivity contribution is 7.90. The van der Waals surface area contributed by atoms with Gasteiger partial charge >= 0.3 is 5.63 Å².